The second kappa shape index (κ2) is 7.25. The van der Waals surface area contributed by atoms with E-state index in [0.29, 0.717) is 19.4 Å². The molecule has 1 aromatic carbocycles. The average molecular weight is 278 g/mol. The predicted molar refractivity (Wildman–Crippen MR) is 85.7 cm³/mol. The van der Waals surface area contributed by atoms with E-state index in [-0.39, 0.29) is 5.56 Å². The van der Waals surface area contributed by atoms with E-state index in [9.17, 15) is 4.79 Å². The second-order valence-corrected chi connectivity index (χ2v) is 5.00. The molecule has 0 aliphatic rings. The highest BCUT2D eigenvalue weighted by Crippen LogP contribution is 2.09. The molecular formula is C18H18N2O. The Labute approximate surface area is 124 Å². The van der Waals surface area contributed by atoms with Gasteiger partial charge >= 0.3 is 0 Å². The van der Waals surface area contributed by atoms with Crippen LogP contribution in [0.1, 0.15) is 29.5 Å². The molecule has 0 saturated carbocycles. The van der Waals surface area contributed by atoms with E-state index in [0.717, 1.165) is 11.1 Å². The van der Waals surface area contributed by atoms with Crippen LogP contribution in [0.2, 0.25) is 0 Å². The lowest BCUT2D eigenvalue weighted by Gasteiger charge is -2.03. The number of hydrogen-bond donors (Lipinski definition) is 0. The lowest BCUT2D eigenvalue weighted by molar-refractivity contribution is 0.631. The second-order valence-electron chi connectivity index (χ2n) is 5.00. The molecule has 2 aromatic rings. The summed E-state index contributed by atoms with van der Waals surface area (Å²) in [5.74, 6) is 0. The largest absolute Gasteiger partial charge is 0.315 e. The van der Waals surface area contributed by atoms with Crippen molar-refractivity contribution in [2.75, 3.05) is 0 Å². The van der Waals surface area contributed by atoms with Gasteiger partial charge in [-0.3, -0.25) is 4.79 Å². The summed E-state index contributed by atoms with van der Waals surface area (Å²) in [6, 6.07) is 13.8. The number of nitrogens with zero attached hydrogens (tertiary/aromatic N) is 2. The van der Waals surface area contributed by atoms with Gasteiger partial charge in [-0.05, 0) is 30.5 Å². The number of aromatic nitrogens is 1. The zero-order chi connectivity index (χ0) is 15.1. The third-order valence-electron chi connectivity index (χ3n) is 3.22. The van der Waals surface area contributed by atoms with E-state index in [1.54, 1.807) is 16.8 Å². The number of hydrogen-bond acceptors (Lipinski definition) is 2. The third-order valence-corrected chi connectivity index (χ3v) is 3.22. The average Bonchev–Trinajstić information content (AvgIpc) is 2.47. The highest BCUT2D eigenvalue weighted by Gasteiger charge is 1.97. The standard InChI is InChI=1S/C18H18N2O/c1-15-5-4-6-16(13-15)7-8-17-9-12-20(18(21)14-17)11-3-2-10-19/h4-9,12-14H,2-3,11H2,1H3/b8-7+. The molecule has 0 unspecified atom stereocenters. The van der Waals surface area contributed by atoms with Crippen LogP contribution < -0.4 is 5.56 Å². The number of rotatable bonds is 5. The summed E-state index contributed by atoms with van der Waals surface area (Å²) < 4.78 is 1.64. The van der Waals surface area contributed by atoms with Crippen LogP contribution in [-0.4, -0.2) is 4.57 Å². The Hall–Kier alpha value is -2.60. The lowest BCUT2D eigenvalue weighted by Crippen LogP contribution is -2.18. The number of unbranched alkanes of at least 4 members (excludes halogenated alkanes) is 1. The molecule has 0 N–H and O–H groups in total. The first-order valence-electron chi connectivity index (χ1n) is 7.01. The molecule has 1 aromatic heterocycles. The fraction of sp³-hybridized carbons (Fsp3) is 0.222. The Kier molecular flexibility index (Phi) is 5.11. The van der Waals surface area contributed by atoms with Crippen molar-refractivity contribution in [2.45, 2.75) is 26.3 Å². The molecule has 0 aliphatic carbocycles. The molecule has 3 nitrogen and oxygen atoms in total. The van der Waals surface area contributed by atoms with Gasteiger partial charge in [-0.2, -0.15) is 5.26 Å². The van der Waals surface area contributed by atoms with Crippen LogP contribution in [-0.2, 0) is 6.54 Å². The summed E-state index contributed by atoms with van der Waals surface area (Å²) >= 11 is 0. The number of aryl methyl sites for hydroxylation is 2. The smallest absolute Gasteiger partial charge is 0.251 e. The number of benzene rings is 1. The first-order valence-corrected chi connectivity index (χ1v) is 7.01. The van der Waals surface area contributed by atoms with E-state index in [4.69, 9.17) is 5.26 Å². The Morgan fingerprint density at radius 2 is 1.95 bits per heavy atom. The maximum absolute atomic E-state index is 11.9. The molecule has 0 saturated heterocycles. The molecule has 3 heteroatoms. The summed E-state index contributed by atoms with van der Waals surface area (Å²) in [6.07, 6.45) is 6.91. The summed E-state index contributed by atoms with van der Waals surface area (Å²) in [5, 5.41) is 8.51. The topological polar surface area (TPSA) is 45.8 Å². The fourth-order valence-electron chi connectivity index (χ4n) is 2.11. The van der Waals surface area contributed by atoms with Crippen LogP contribution in [0, 0.1) is 18.3 Å². The minimum atomic E-state index is -0.0284. The molecule has 0 bridgehead atoms. The SMILES string of the molecule is Cc1cccc(/C=C/c2ccn(CCCC#N)c(=O)c2)c1. The molecule has 0 radical (unpaired) electrons. The Morgan fingerprint density at radius 3 is 2.62 bits per heavy atom. The highest BCUT2D eigenvalue weighted by atomic mass is 16.1. The van der Waals surface area contributed by atoms with Crippen LogP contribution in [0.5, 0.6) is 0 Å². The molecule has 1 heterocycles. The summed E-state index contributed by atoms with van der Waals surface area (Å²) in [5.41, 5.74) is 3.19. The lowest BCUT2D eigenvalue weighted by atomic mass is 10.1. The van der Waals surface area contributed by atoms with Crippen LogP contribution in [0.3, 0.4) is 0 Å². The predicted octanol–water partition coefficient (Wildman–Crippen LogP) is 3.63. The van der Waals surface area contributed by atoms with E-state index >= 15 is 0 Å². The summed E-state index contributed by atoms with van der Waals surface area (Å²) in [6.45, 7) is 2.65. The van der Waals surface area contributed by atoms with Gasteiger partial charge in [0, 0.05) is 25.2 Å². The third kappa shape index (κ3) is 4.47. The summed E-state index contributed by atoms with van der Waals surface area (Å²) in [4.78, 5) is 11.9. The minimum Gasteiger partial charge on any atom is -0.315 e. The van der Waals surface area contributed by atoms with Gasteiger partial charge in [0.15, 0.2) is 0 Å². The molecular weight excluding hydrogens is 260 g/mol. The van der Waals surface area contributed by atoms with Crippen LogP contribution in [0.15, 0.2) is 47.4 Å². The van der Waals surface area contributed by atoms with Gasteiger partial charge in [0.25, 0.3) is 5.56 Å². The molecule has 0 amide bonds. The van der Waals surface area contributed by atoms with Crippen LogP contribution >= 0.6 is 0 Å². The molecule has 0 fully saturated rings. The molecule has 21 heavy (non-hydrogen) atoms. The maximum Gasteiger partial charge on any atom is 0.251 e. The van der Waals surface area contributed by atoms with Crippen molar-refractivity contribution < 1.29 is 0 Å². The first kappa shape index (κ1) is 14.8. The Morgan fingerprint density at radius 1 is 1.19 bits per heavy atom. The van der Waals surface area contributed by atoms with Crippen molar-refractivity contribution in [1.29, 1.82) is 5.26 Å². The van der Waals surface area contributed by atoms with Gasteiger partial charge in [0.1, 0.15) is 0 Å². The van der Waals surface area contributed by atoms with Gasteiger partial charge in [-0.1, -0.05) is 42.0 Å². The zero-order valence-electron chi connectivity index (χ0n) is 12.1. The Bertz CT molecular complexity index is 735. The van der Waals surface area contributed by atoms with E-state index in [1.807, 2.05) is 30.4 Å². The number of pyridine rings is 1. The van der Waals surface area contributed by atoms with E-state index < -0.39 is 0 Å². The molecule has 0 atom stereocenters. The zero-order valence-corrected chi connectivity index (χ0v) is 12.1. The maximum atomic E-state index is 11.9. The molecule has 2 rings (SSSR count). The Balaban J connectivity index is 2.10. The van der Waals surface area contributed by atoms with Crippen molar-refractivity contribution in [3.05, 3.63) is 69.6 Å². The van der Waals surface area contributed by atoms with Crippen molar-refractivity contribution >= 4 is 12.2 Å². The van der Waals surface area contributed by atoms with Crippen molar-refractivity contribution in [3.8, 4) is 6.07 Å². The van der Waals surface area contributed by atoms with Crippen molar-refractivity contribution in [1.82, 2.24) is 4.57 Å². The highest BCUT2D eigenvalue weighted by molar-refractivity contribution is 5.69. The quantitative estimate of drug-likeness (QED) is 0.784. The molecule has 0 spiro atoms. The molecule has 106 valence electrons. The monoisotopic (exact) mass is 278 g/mol. The van der Waals surface area contributed by atoms with Crippen molar-refractivity contribution in [2.24, 2.45) is 0 Å². The normalized spacial score (nSPS) is 10.7. The van der Waals surface area contributed by atoms with Crippen LogP contribution in [0.4, 0.5) is 0 Å². The molecule has 0 aliphatic heterocycles. The van der Waals surface area contributed by atoms with Gasteiger partial charge < -0.3 is 4.57 Å². The van der Waals surface area contributed by atoms with Gasteiger partial charge in [-0.25, -0.2) is 0 Å². The minimum absolute atomic E-state index is 0.0284. The first-order chi connectivity index (χ1) is 10.2. The summed E-state index contributed by atoms with van der Waals surface area (Å²) in [7, 11) is 0. The van der Waals surface area contributed by atoms with Gasteiger partial charge in [-0.15, -0.1) is 0 Å². The number of nitriles is 1. The fourth-order valence-corrected chi connectivity index (χ4v) is 2.11. The van der Waals surface area contributed by atoms with E-state index in [1.165, 1.54) is 5.56 Å². The van der Waals surface area contributed by atoms with Crippen molar-refractivity contribution in [3.63, 3.8) is 0 Å². The van der Waals surface area contributed by atoms with Gasteiger partial charge in [0.2, 0.25) is 0 Å². The van der Waals surface area contributed by atoms with E-state index in [2.05, 4.69) is 25.1 Å². The van der Waals surface area contributed by atoms with Crippen LogP contribution in [0.25, 0.3) is 12.2 Å². The van der Waals surface area contributed by atoms with Gasteiger partial charge in [0.05, 0.1) is 6.07 Å².